The lowest BCUT2D eigenvalue weighted by atomic mass is 10.1. The highest BCUT2D eigenvalue weighted by Gasteiger charge is 2.38. The van der Waals surface area contributed by atoms with Gasteiger partial charge < -0.3 is 11.1 Å². The quantitative estimate of drug-likeness (QED) is 0.701. The van der Waals surface area contributed by atoms with Crippen molar-refractivity contribution < 1.29 is 18.0 Å². The van der Waals surface area contributed by atoms with Gasteiger partial charge in [0.05, 0.1) is 11.3 Å². The number of thiophene rings is 1. The van der Waals surface area contributed by atoms with Crippen molar-refractivity contribution in [2.24, 2.45) is 0 Å². The maximum atomic E-state index is 13.6. The fraction of sp³-hybridized carbons (Fsp3) is 0.278. The summed E-state index contributed by atoms with van der Waals surface area (Å²) in [7, 11) is 0. The number of fused-ring (bicyclic) bond motifs is 1. The monoisotopic (exact) mass is 392 g/mol. The van der Waals surface area contributed by atoms with Crippen molar-refractivity contribution in [3.05, 3.63) is 52.3 Å². The van der Waals surface area contributed by atoms with Crippen LogP contribution in [-0.4, -0.2) is 15.9 Å². The lowest BCUT2D eigenvalue weighted by Crippen LogP contribution is -2.22. The number of nitrogens with two attached hydrogens (primary N) is 1. The molecule has 3 aromatic rings. The predicted octanol–water partition coefficient (Wildman–Crippen LogP) is 4.10. The molecule has 3 heterocycles. The van der Waals surface area contributed by atoms with Crippen LogP contribution in [0, 0.1) is 0 Å². The van der Waals surface area contributed by atoms with Crippen molar-refractivity contribution in [3.63, 3.8) is 0 Å². The van der Waals surface area contributed by atoms with E-state index in [1.807, 2.05) is 0 Å². The smallest absolute Gasteiger partial charge is 0.397 e. The van der Waals surface area contributed by atoms with E-state index in [2.05, 4.69) is 15.3 Å². The Balaban J connectivity index is 1.71. The summed E-state index contributed by atoms with van der Waals surface area (Å²) in [5.74, 6) is -0.470. The minimum Gasteiger partial charge on any atom is -0.397 e. The zero-order valence-electron chi connectivity index (χ0n) is 14.0. The second-order valence-electron chi connectivity index (χ2n) is 6.44. The summed E-state index contributed by atoms with van der Waals surface area (Å²) in [5.41, 5.74) is 6.13. The fourth-order valence-electron chi connectivity index (χ4n) is 2.89. The molecule has 0 radical (unpaired) electrons. The zero-order valence-corrected chi connectivity index (χ0v) is 14.8. The normalized spacial score (nSPS) is 14.5. The molecular weight excluding hydrogens is 377 g/mol. The Morgan fingerprint density at radius 2 is 2.15 bits per heavy atom. The molecular formula is C18H15F3N4OS. The lowest BCUT2D eigenvalue weighted by Gasteiger charge is -2.11. The first-order valence-electron chi connectivity index (χ1n) is 8.32. The molecule has 0 unspecified atom stereocenters. The fourth-order valence-corrected chi connectivity index (χ4v) is 3.93. The van der Waals surface area contributed by atoms with E-state index in [1.165, 1.54) is 0 Å². The summed E-state index contributed by atoms with van der Waals surface area (Å²) in [6, 6.07) is 4.58. The van der Waals surface area contributed by atoms with Crippen molar-refractivity contribution in [2.75, 3.05) is 5.73 Å². The number of aromatic nitrogens is 2. The second kappa shape index (κ2) is 6.49. The van der Waals surface area contributed by atoms with Gasteiger partial charge in [-0.15, -0.1) is 11.3 Å². The molecule has 3 N–H and O–H groups in total. The van der Waals surface area contributed by atoms with Gasteiger partial charge >= 0.3 is 6.18 Å². The third kappa shape index (κ3) is 3.46. The number of hydrogen-bond donors (Lipinski definition) is 2. The molecule has 1 aliphatic carbocycles. The SMILES string of the molecule is Nc1c(C(=O)NCc2cccnc2)sc2nc(C3CC3)cc(C(F)(F)F)c12. The Morgan fingerprint density at radius 1 is 1.37 bits per heavy atom. The van der Waals surface area contributed by atoms with E-state index in [1.54, 1.807) is 24.5 Å². The van der Waals surface area contributed by atoms with Crippen LogP contribution in [0.3, 0.4) is 0 Å². The molecule has 4 rings (SSSR count). The van der Waals surface area contributed by atoms with Crippen molar-refractivity contribution in [2.45, 2.75) is 31.5 Å². The molecule has 1 fully saturated rings. The van der Waals surface area contributed by atoms with E-state index in [0.717, 1.165) is 35.8 Å². The number of amides is 1. The summed E-state index contributed by atoms with van der Waals surface area (Å²) in [5, 5.41) is 2.48. The number of alkyl halides is 3. The van der Waals surface area contributed by atoms with E-state index >= 15 is 0 Å². The van der Waals surface area contributed by atoms with Gasteiger partial charge in [-0.05, 0) is 30.5 Å². The maximum absolute atomic E-state index is 13.6. The third-order valence-corrected chi connectivity index (χ3v) is 5.50. The number of rotatable bonds is 4. The largest absolute Gasteiger partial charge is 0.417 e. The number of anilines is 1. The lowest BCUT2D eigenvalue weighted by molar-refractivity contribution is -0.136. The van der Waals surface area contributed by atoms with Crippen LogP contribution in [0.4, 0.5) is 18.9 Å². The minimum absolute atomic E-state index is 0.0415. The van der Waals surface area contributed by atoms with Gasteiger partial charge in [-0.2, -0.15) is 13.2 Å². The van der Waals surface area contributed by atoms with Crippen LogP contribution in [0.2, 0.25) is 0 Å². The molecule has 0 aromatic carbocycles. The maximum Gasteiger partial charge on any atom is 0.417 e. The van der Waals surface area contributed by atoms with E-state index < -0.39 is 17.6 Å². The highest BCUT2D eigenvalue weighted by molar-refractivity contribution is 7.21. The highest BCUT2D eigenvalue weighted by atomic mass is 32.1. The second-order valence-corrected chi connectivity index (χ2v) is 7.43. The Morgan fingerprint density at radius 3 is 2.78 bits per heavy atom. The number of halogens is 3. The van der Waals surface area contributed by atoms with Crippen LogP contribution in [-0.2, 0) is 12.7 Å². The van der Waals surface area contributed by atoms with Gasteiger partial charge in [-0.25, -0.2) is 4.98 Å². The number of carbonyl (C=O) groups is 1. The number of hydrogen-bond acceptors (Lipinski definition) is 5. The van der Waals surface area contributed by atoms with Crippen LogP contribution in [0.5, 0.6) is 0 Å². The molecule has 1 saturated carbocycles. The third-order valence-electron chi connectivity index (χ3n) is 4.40. The van der Waals surface area contributed by atoms with Crippen LogP contribution >= 0.6 is 11.3 Å². The van der Waals surface area contributed by atoms with Crippen molar-refractivity contribution in [1.82, 2.24) is 15.3 Å². The number of nitrogens with zero attached hydrogens (tertiary/aromatic N) is 2. The molecule has 5 nitrogen and oxygen atoms in total. The van der Waals surface area contributed by atoms with E-state index in [0.29, 0.717) is 5.69 Å². The Hall–Kier alpha value is -2.68. The summed E-state index contributed by atoms with van der Waals surface area (Å²) < 4.78 is 40.7. The van der Waals surface area contributed by atoms with E-state index in [9.17, 15) is 18.0 Å². The average Bonchev–Trinajstić information content (AvgIpc) is 3.43. The Kier molecular flexibility index (Phi) is 4.26. The van der Waals surface area contributed by atoms with Crippen LogP contribution in [0.15, 0.2) is 30.6 Å². The number of carbonyl (C=O) groups excluding carboxylic acids is 1. The van der Waals surface area contributed by atoms with Crippen LogP contribution < -0.4 is 11.1 Å². The van der Waals surface area contributed by atoms with Crippen molar-refractivity contribution in [1.29, 1.82) is 0 Å². The van der Waals surface area contributed by atoms with E-state index in [-0.39, 0.29) is 33.2 Å². The first kappa shape index (κ1) is 17.7. The average molecular weight is 392 g/mol. The molecule has 9 heteroatoms. The van der Waals surface area contributed by atoms with Crippen molar-refractivity contribution in [3.8, 4) is 0 Å². The van der Waals surface area contributed by atoms with Gasteiger partial charge in [-0.3, -0.25) is 9.78 Å². The van der Waals surface area contributed by atoms with Gasteiger partial charge in [0.1, 0.15) is 9.71 Å². The van der Waals surface area contributed by atoms with Crippen LogP contribution in [0.1, 0.15) is 45.3 Å². The summed E-state index contributed by atoms with van der Waals surface area (Å²) in [6.07, 6.45) is 0.296. The van der Waals surface area contributed by atoms with Gasteiger partial charge in [0.15, 0.2) is 0 Å². The first-order chi connectivity index (χ1) is 12.8. The highest BCUT2D eigenvalue weighted by Crippen LogP contribution is 2.46. The van der Waals surface area contributed by atoms with Gasteiger partial charge in [-0.1, -0.05) is 6.07 Å². The van der Waals surface area contributed by atoms with Gasteiger partial charge in [0, 0.05) is 35.9 Å². The molecule has 0 spiro atoms. The first-order valence-corrected chi connectivity index (χ1v) is 9.13. The molecule has 0 atom stereocenters. The van der Waals surface area contributed by atoms with Gasteiger partial charge in [0.2, 0.25) is 0 Å². The summed E-state index contributed by atoms with van der Waals surface area (Å²) >= 11 is 0.893. The molecule has 1 amide bonds. The van der Waals surface area contributed by atoms with Crippen molar-refractivity contribution >= 4 is 33.1 Å². The number of nitrogen functional groups attached to an aromatic ring is 1. The molecule has 27 heavy (non-hydrogen) atoms. The molecule has 140 valence electrons. The molecule has 3 aromatic heterocycles. The standard InChI is InChI=1S/C18H15F3N4OS/c19-18(20,21)11-6-12(10-3-4-10)25-17-13(11)14(22)15(27-17)16(26)24-8-9-2-1-5-23-7-9/h1-2,5-7,10H,3-4,8,22H2,(H,24,26). The molecule has 0 bridgehead atoms. The van der Waals surface area contributed by atoms with E-state index in [4.69, 9.17) is 5.73 Å². The summed E-state index contributed by atoms with van der Waals surface area (Å²) in [4.78, 5) is 21.0. The van der Waals surface area contributed by atoms with Crippen LogP contribution in [0.25, 0.3) is 10.2 Å². The Labute approximate surface area is 156 Å². The zero-order chi connectivity index (χ0) is 19.2. The molecule has 0 saturated heterocycles. The summed E-state index contributed by atoms with van der Waals surface area (Å²) in [6.45, 7) is 0.202. The Bertz CT molecular complexity index is 1010. The predicted molar refractivity (Wildman–Crippen MR) is 96.4 cm³/mol. The number of nitrogens with one attached hydrogen (secondary N) is 1. The number of pyridine rings is 2. The van der Waals surface area contributed by atoms with Gasteiger partial charge in [0.25, 0.3) is 5.91 Å². The molecule has 1 aliphatic rings. The topological polar surface area (TPSA) is 80.9 Å². The minimum atomic E-state index is -4.57. The molecule has 0 aliphatic heterocycles.